The fraction of sp³-hybridized carbons (Fsp3) is 0.268. The van der Waals surface area contributed by atoms with E-state index in [-0.39, 0.29) is 6.79 Å². The van der Waals surface area contributed by atoms with Gasteiger partial charge in [-0.2, -0.15) is 0 Å². The predicted molar refractivity (Wildman–Crippen MR) is 187 cm³/mol. The number of fused-ring (bicyclic) bond motifs is 7. The minimum Gasteiger partial charge on any atom is -0.497 e. The van der Waals surface area contributed by atoms with E-state index in [0.29, 0.717) is 34.5 Å². The Kier molecular flexibility index (Phi) is 9.37. The summed E-state index contributed by atoms with van der Waals surface area (Å²) in [5, 5.41) is 0. The molecule has 3 aliphatic rings. The van der Waals surface area contributed by atoms with Crippen molar-refractivity contribution in [3.63, 3.8) is 0 Å². The van der Waals surface area contributed by atoms with Crippen LogP contribution in [0.1, 0.15) is 59.1 Å². The molecule has 0 saturated carbocycles. The van der Waals surface area contributed by atoms with Crippen LogP contribution in [0.15, 0.2) is 72.8 Å². The van der Waals surface area contributed by atoms with Crippen molar-refractivity contribution in [1.82, 2.24) is 0 Å². The average Bonchev–Trinajstić information content (AvgIpc) is 3.34. The van der Waals surface area contributed by atoms with Gasteiger partial charge < -0.3 is 28.4 Å². The minimum atomic E-state index is -0.492. The van der Waals surface area contributed by atoms with Gasteiger partial charge in [-0.3, -0.25) is 0 Å². The molecule has 250 valence electrons. The molecule has 0 unspecified atom stereocenters. The van der Waals surface area contributed by atoms with E-state index in [4.69, 9.17) is 28.4 Å². The number of carbonyl (C=O) groups is 2. The van der Waals surface area contributed by atoms with Gasteiger partial charge >= 0.3 is 11.9 Å². The summed E-state index contributed by atoms with van der Waals surface area (Å²) in [5.74, 6) is 2.63. The summed E-state index contributed by atoms with van der Waals surface area (Å²) in [6, 6.07) is 18.0. The summed E-state index contributed by atoms with van der Waals surface area (Å²) in [4.78, 5) is 25.8. The van der Waals surface area contributed by atoms with Crippen molar-refractivity contribution in [2.24, 2.45) is 0 Å². The second kappa shape index (κ2) is 14.3. The average molecular weight is 659 g/mol. The third-order valence-corrected chi connectivity index (χ3v) is 9.27. The van der Waals surface area contributed by atoms with Crippen LogP contribution in [-0.4, -0.2) is 33.0 Å². The lowest BCUT2D eigenvalue weighted by atomic mass is 9.78. The first-order valence-electron chi connectivity index (χ1n) is 16.7. The quantitative estimate of drug-likeness (QED) is 0.107. The molecule has 0 bridgehead atoms. The molecule has 0 N–H and O–H groups in total. The molecule has 0 fully saturated rings. The standard InChI is InChI=1S/C41H38O8/c1-44-30-13-17-32(18-14-30)48-36(42)21-11-28-23-26-7-3-5-9-34(26)38-39-35-10-6-4-8-27(35)24-29(41(39)47-25-46-40(28)38)12-22-37(43)49-33-19-15-31(45-2)16-20-33/h11-24H,3-10,25H2,1-2H3/b21-11-,22-12-. The number of hydrogen-bond acceptors (Lipinski definition) is 8. The third-order valence-electron chi connectivity index (χ3n) is 9.27. The van der Waals surface area contributed by atoms with Gasteiger partial charge in [-0.25, -0.2) is 9.59 Å². The molecule has 8 heteroatoms. The lowest BCUT2D eigenvalue weighted by molar-refractivity contribution is -0.129. The number of benzene rings is 4. The molecule has 0 spiro atoms. The SMILES string of the molecule is COc1ccc(OC(=O)/C=C\c2cc3c(c4c2OCOc2c(/C=C\C(=O)Oc5ccc(OC)cc5)cc5c(c2-4)CCCC5)CCCC3)cc1. The zero-order valence-electron chi connectivity index (χ0n) is 27.7. The Morgan fingerprint density at radius 2 is 0.959 bits per heavy atom. The number of esters is 2. The summed E-state index contributed by atoms with van der Waals surface area (Å²) < 4.78 is 34.3. The van der Waals surface area contributed by atoms with Crippen molar-refractivity contribution in [3.05, 3.63) is 106 Å². The molecule has 0 aromatic heterocycles. The fourth-order valence-corrected chi connectivity index (χ4v) is 6.95. The Balaban J connectivity index is 1.27. The number of ether oxygens (including phenoxy) is 6. The molecule has 0 saturated heterocycles. The molecular formula is C41H38O8. The lowest BCUT2D eigenvalue weighted by Crippen LogP contribution is -2.11. The Morgan fingerprint density at radius 1 is 0.571 bits per heavy atom. The Bertz CT molecular complexity index is 1800. The molecule has 4 aromatic carbocycles. The van der Waals surface area contributed by atoms with Crippen molar-refractivity contribution in [3.8, 4) is 45.6 Å². The third kappa shape index (κ3) is 6.90. The number of hydrogen-bond donors (Lipinski definition) is 0. The van der Waals surface area contributed by atoms with E-state index < -0.39 is 11.9 Å². The van der Waals surface area contributed by atoms with Crippen LogP contribution in [0.5, 0.6) is 34.5 Å². The molecule has 0 radical (unpaired) electrons. The zero-order chi connectivity index (χ0) is 33.7. The van der Waals surface area contributed by atoms with E-state index in [1.165, 1.54) is 34.4 Å². The molecule has 4 aromatic rings. The molecular weight excluding hydrogens is 620 g/mol. The molecule has 49 heavy (non-hydrogen) atoms. The first-order chi connectivity index (χ1) is 24.0. The fourth-order valence-electron chi connectivity index (χ4n) is 6.95. The highest BCUT2D eigenvalue weighted by Crippen LogP contribution is 2.51. The molecule has 2 aliphatic carbocycles. The van der Waals surface area contributed by atoms with Gasteiger partial charge in [-0.05, 0) is 146 Å². The van der Waals surface area contributed by atoms with Crippen LogP contribution < -0.4 is 28.4 Å². The number of aryl methyl sites for hydroxylation is 2. The second-order valence-corrected chi connectivity index (χ2v) is 12.3. The van der Waals surface area contributed by atoms with Crippen LogP contribution >= 0.6 is 0 Å². The summed E-state index contributed by atoms with van der Waals surface area (Å²) in [5.41, 5.74) is 8.68. The molecule has 1 aliphatic heterocycles. The first-order valence-corrected chi connectivity index (χ1v) is 16.7. The molecule has 1 heterocycles. The van der Waals surface area contributed by atoms with Gasteiger partial charge in [0.1, 0.15) is 34.5 Å². The van der Waals surface area contributed by atoms with Crippen LogP contribution in [0, 0.1) is 0 Å². The van der Waals surface area contributed by atoms with Crippen LogP contribution in [0.3, 0.4) is 0 Å². The second-order valence-electron chi connectivity index (χ2n) is 12.3. The smallest absolute Gasteiger partial charge is 0.336 e. The normalized spacial score (nSPS) is 14.7. The van der Waals surface area contributed by atoms with Crippen molar-refractivity contribution in [2.75, 3.05) is 21.0 Å². The first kappa shape index (κ1) is 32.1. The lowest BCUT2D eigenvalue weighted by Gasteiger charge is -2.27. The topological polar surface area (TPSA) is 89.5 Å². The van der Waals surface area contributed by atoms with Crippen molar-refractivity contribution in [1.29, 1.82) is 0 Å². The highest BCUT2D eigenvalue weighted by Gasteiger charge is 2.31. The van der Waals surface area contributed by atoms with Crippen LogP contribution in [0.2, 0.25) is 0 Å². The van der Waals surface area contributed by atoms with E-state index in [2.05, 4.69) is 12.1 Å². The minimum absolute atomic E-state index is 0.0220. The van der Waals surface area contributed by atoms with Crippen molar-refractivity contribution >= 4 is 24.1 Å². The van der Waals surface area contributed by atoms with Gasteiger partial charge in [0.2, 0.25) is 6.79 Å². The summed E-state index contributed by atoms with van der Waals surface area (Å²) in [6.07, 6.45) is 14.5. The maximum absolute atomic E-state index is 12.9. The number of rotatable bonds is 8. The zero-order valence-corrected chi connectivity index (χ0v) is 27.7. The Labute approximate surface area is 285 Å². The maximum atomic E-state index is 12.9. The van der Waals surface area contributed by atoms with Gasteiger partial charge in [0, 0.05) is 34.4 Å². The van der Waals surface area contributed by atoms with Gasteiger partial charge in [0.15, 0.2) is 0 Å². The van der Waals surface area contributed by atoms with Gasteiger partial charge in [-0.15, -0.1) is 0 Å². The number of methoxy groups -OCH3 is 2. The molecule has 7 rings (SSSR count). The van der Waals surface area contributed by atoms with Gasteiger partial charge in [0.05, 0.1) is 14.2 Å². The monoisotopic (exact) mass is 658 g/mol. The van der Waals surface area contributed by atoms with E-state index >= 15 is 0 Å². The van der Waals surface area contributed by atoms with Crippen LogP contribution in [0.4, 0.5) is 0 Å². The van der Waals surface area contributed by atoms with E-state index in [1.807, 2.05) is 0 Å². The Hall–Kier alpha value is -5.50. The predicted octanol–water partition coefficient (Wildman–Crippen LogP) is 8.09. The van der Waals surface area contributed by atoms with E-state index in [9.17, 15) is 9.59 Å². The molecule has 0 amide bonds. The summed E-state index contributed by atoms with van der Waals surface area (Å²) in [7, 11) is 3.18. The molecule has 8 nitrogen and oxygen atoms in total. The van der Waals surface area contributed by atoms with E-state index in [0.717, 1.165) is 73.6 Å². The highest BCUT2D eigenvalue weighted by molar-refractivity contribution is 5.95. The van der Waals surface area contributed by atoms with Gasteiger partial charge in [0.25, 0.3) is 0 Å². The Morgan fingerprint density at radius 3 is 1.37 bits per heavy atom. The summed E-state index contributed by atoms with van der Waals surface area (Å²) in [6.45, 7) is -0.0220. The van der Waals surface area contributed by atoms with Crippen LogP contribution in [0.25, 0.3) is 23.3 Å². The molecule has 0 atom stereocenters. The van der Waals surface area contributed by atoms with Gasteiger partial charge in [-0.1, -0.05) is 0 Å². The maximum Gasteiger partial charge on any atom is 0.336 e. The van der Waals surface area contributed by atoms with Crippen LogP contribution in [-0.2, 0) is 35.3 Å². The largest absolute Gasteiger partial charge is 0.497 e. The van der Waals surface area contributed by atoms with Crippen molar-refractivity contribution < 1.29 is 38.0 Å². The summed E-state index contributed by atoms with van der Waals surface area (Å²) >= 11 is 0. The van der Waals surface area contributed by atoms with Crippen molar-refractivity contribution in [2.45, 2.75) is 51.4 Å². The highest BCUT2D eigenvalue weighted by atomic mass is 16.7. The number of carbonyl (C=O) groups excluding carboxylic acids is 2. The van der Waals surface area contributed by atoms with E-state index in [1.54, 1.807) is 74.9 Å².